The zero-order valence-corrected chi connectivity index (χ0v) is 13.1. The molecule has 0 amide bonds. The van der Waals surface area contributed by atoms with Crippen LogP contribution in [0.25, 0.3) is 0 Å². The number of ether oxygens (including phenoxy) is 1. The maximum atomic E-state index is 10.3. The number of benzene rings is 1. The number of hydrogen-bond acceptors (Lipinski definition) is 2. The van der Waals surface area contributed by atoms with Crippen LogP contribution in [0.4, 0.5) is 0 Å². The summed E-state index contributed by atoms with van der Waals surface area (Å²) >= 11 is 0. The Kier molecular flexibility index (Phi) is 9.34. The molecule has 0 saturated carbocycles. The van der Waals surface area contributed by atoms with Crippen LogP contribution in [0.3, 0.4) is 0 Å². The van der Waals surface area contributed by atoms with Gasteiger partial charge in [0, 0.05) is 6.42 Å². The third-order valence-corrected chi connectivity index (χ3v) is 3.54. The Bertz CT molecular complexity index is 401. The number of unbranched alkanes of at least 4 members (excludes halogenated alkanes) is 7. The van der Waals surface area contributed by atoms with Gasteiger partial charge in [-0.05, 0) is 37.5 Å². The minimum atomic E-state index is -0.677. The molecule has 0 aromatic heterocycles. The number of aliphatic carboxylic acids is 1. The smallest absolute Gasteiger partial charge is 0.303 e. The average molecular weight is 292 g/mol. The molecule has 1 rings (SSSR count). The normalized spacial score (nSPS) is 10.5. The number of carboxylic acids is 1. The predicted molar refractivity (Wildman–Crippen MR) is 85.9 cm³/mol. The summed E-state index contributed by atoms with van der Waals surface area (Å²) in [5, 5.41) is 8.52. The SMILES string of the molecule is Cc1cccc(OCCCCCCCCCCC(=O)O)c1. The zero-order chi connectivity index (χ0) is 15.3. The maximum absolute atomic E-state index is 10.3. The largest absolute Gasteiger partial charge is 0.494 e. The summed E-state index contributed by atoms with van der Waals surface area (Å²) in [6.07, 6.45) is 9.37. The van der Waals surface area contributed by atoms with Crippen molar-refractivity contribution >= 4 is 5.97 Å². The third-order valence-electron chi connectivity index (χ3n) is 3.54. The van der Waals surface area contributed by atoms with Crippen molar-refractivity contribution in [3.63, 3.8) is 0 Å². The van der Waals surface area contributed by atoms with Gasteiger partial charge in [-0.1, -0.05) is 50.7 Å². The van der Waals surface area contributed by atoms with Crippen LogP contribution >= 0.6 is 0 Å². The Hall–Kier alpha value is -1.51. The Morgan fingerprint density at radius 1 is 1.00 bits per heavy atom. The molecule has 1 N–H and O–H groups in total. The highest BCUT2D eigenvalue weighted by atomic mass is 16.5. The van der Waals surface area contributed by atoms with Crippen LogP contribution in [0, 0.1) is 6.92 Å². The van der Waals surface area contributed by atoms with Crippen LogP contribution < -0.4 is 4.74 Å². The van der Waals surface area contributed by atoms with E-state index in [0.717, 1.165) is 38.0 Å². The van der Waals surface area contributed by atoms with Gasteiger partial charge in [0.15, 0.2) is 0 Å². The first-order valence-electron chi connectivity index (χ1n) is 8.10. The molecule has 1 aromatic rings. The summed E-state index contributed by atoms with van der Waals surface area (Å²) in [6.45, 7) is 2.87. The molecule has 3 heteroatoms. The van der Waals surface area contributed by atoms with Crippen molar-refractivity contribution in [2.75, 3.05) is 6.61 Å². The molecule has 3 nitrogen and oxygen atoms in total. The van der Waals surface area contributed by atoms with Crippen molar-refractivity contribution in [3.8, 4) is 5.75 Å². The summed E-state index contributed by atoms with van der Waals surface area (Å²) in [5.41, 5.74) is 1.23. The van der Waals surface area contributed by atoms with Gasteiger partial charge in [0.1, 0.15) is 5.75 Å². The van der Waals surface area contributed by atoms with Crippen molar-refractivity contribution in [3.05, 3.63) is 29.8 Å². The van der Waals surface area contributed by atoms with E-state index < -0.39 is 5.97 Å². The highest BCUT2D eigenvalue weighted by molar-refractivity contribution is 5.66. The van der Waals surface area contributed by atoms with Gasteiger partial charge in [0.05, 0.1) is 6.61 Å². The lowest BCUT2D eigenvalue weighted by Crippen LogP contribution is -1.97. The predicted octanol–water partition coefficient (Wildman–Crippen LogP) is 4.97. The molecule has 0 aliphatic rings. The number of rotatable bonds is 12. The van der Waals surface area contributed by atoms with Gasteiger partial charge >= 0.3 is 5.97 Å². The topological polar surface area (TPSA) is 46.5 Å². The quantitative estimate of drug-likeness (QED) is 0.553. The second-order valence-corrected chi connectivity index (χ2v) is 5.64. The number of carboxylic acid groups (broad SMARTS) is 1. The Balaban J connectivity index is 1.86. The van der Waals surface area contributed by atoms with Gasteiger partial charge in [-0.15, -0.1) is 0 Å². The van der Waals surface area contributed by atoms with Crippen molar-refractivity contribution < 1.29 is 14.6 Å². The third kappa shape index (κ3) is 9.94. The van der Waals surface area contributed by atoms with Crippen molar-refractivity contribution in [2.24, 2.45) is 0 Å². The van der Waals surface area contributed by atoms with Gasteiger partial charge < -0.3 is 9.84 Å². The number of hydrogen-bond donors (Lipinski definition) is 1. The summed E-state index contributed by atoms with van der Waals surface area (Å²) in [5.74, 6) is 0.289. The summed E-state index contributed by atoms with van der Waals surface area (Å²) in [7, 11) is 0. The van der Waals surface area contributed by atoms with E-state index in [0.29, 0.717) is 6.42 Å². The first-order valence-corrected chi connectivity index (χ1v) is 8.10. The maximum Gasteiger partial charge on any atom is 0.303 e. The Labute approximate surface area is 128 Å². The van der Waals surface area contributed by atoms with E-state index in [1.54, 1.807) is 0 Å². The van der Waals surface area contributed by atoms with E-state index in [4.69, 9.17) is 9.84 Å². The number of carbonyl (C=O) groups is 1. The molecule has 0 atom stereocenters. The molecular weight excluding hydrogens is 264 g/mol. The molecule has 118 valence electrons. The molecule has 0 fully saturated rings. The number of aryl methyl sites for hydroxylation is 1. The van der Waals surface area contributed by atoms with Crippen molar-refractivity contribution in [1.82, 2.24) is 0 Å². The van der Waals surface area contributed by atoms with Crippen LogP contribution in [-0.2, 0) is 4.79 Å². The molecule has 21 heavy (non-hydrogen) atoms. The molecule has 1 aromatic carbocycles. The molecule has 0 bridgehead atoms. The highest BCUT2D eigenvalue weighted by Crippen LogP contribution is 2.14. The van der Waals surface area contributed by atoms with Crippen LogP contribution in [0.1, 0.15) is 63.4 Å². The van der Waals surface area contributed by atoms with Gasteiger partial charge in [-0.2, -0.15) is 0 Å². The summed E-state index contributed by atoms with van der Waals surface area (Å²) < 4.78 is 5.71. The lowest BCUT2D eigenvalue weighted by molar-refractivity contribution is -0.137. The molecule has 0 unspecified atom stereocenters. The van der Waals surface area contributed by atoms with Crippen molar-refractivity contribution in [1.29, 1.82) is 0 Å². The minimum absolute atomic E-state index is 0.316. The average Bonchev–Trinajstić information content (AvgIpc) is 2.44. The van der Waals surface area contributed by atoms with E-state index >= 15 is 0 Å². The van der Waals surface area contributed by atoms with E-state index in [1.807, 2.05) is 12.1 Å². The van der Waals surface area contributed by atoms with Crippen LogP contribution in [-0.4, -0.2) is 17.7 Å². The molecule has 0 saturated heterocycles. The van der Waals surface area contributed by atoms with Gasteiger partial charge in [-0.25, -0.2) is 0 Å². The van der Waals surface area contributed by atoms with Gasteiger partial charge in [0.2, 0.25) is 0 Å². The molecule has 0 aliphatic heterocycles. The summed E-state index contributed by atoms with van der Waals surface area (Å²) in [4.78, 5) is 10.3. The molecule has 0 aliphatic carbocycles. The monoisotopic (exact) mass is 292 g/mol. The Morgan fingerprint density at radius 2 is 1.62 bits per heavy atom. The molecular formula is C18H28O3. The Morgan fingerprint density at radius 3 is 2.24 bits per heavy atom. The second kappa shape index (κ2) is 11.2. The van der Waals surface area contributed by atoms with Crippen LogP contribution in [0.15, 0.2) is 24.3 Å². The second-order valence-electron chi connectivity index (χ2n) is 5.64. The lowest BCUT2D eigenvalue weighted by atomic mass is 10.1. The van der Waals surface area contributed by atoms with E-state index in [9.17, 15) is 4.79 Å². The van der Waals surface area contributed by atoms with E-state index in [1.165, 1.54) is 31.2 Å². The van der Waals surface area contributed by atoms with Crippen LogP contribution in [0.5, 0.6) is 5.75 Å². The zero-order valence-electron chi connectivity index (χ0n) is 13.1. The molecule has 0 spiro atoms. The standard InChI is InChI=1S/C18H28O3/c1-16-11-10-12-17(15-16)21-14-9-7-5-3-2-4-6-8-13-18(19)20/h10-12,15H,2-9,13-14H2,1H3,(H,19,20). The van der Waals surface area contributed by atoms with Gasteiger partial charge in [0.25, 0.3) is 0 Å². The van der Waals surface area contributed by atoms with E-state index in [-0.39, 0.29) is 0 Å². The fraction of sp³-hybridized carbons (Fsp3) is 0.611. The lowest BCUT2D eigenvalue weighted by Gasteiger charge is -2.06. The molecule has 0 radical (unpaired) electrons. The molecule has 0 heterocycles. The van der Waals surface area contributed by atoms with Crippen LogP contribution in [0.2, 0.25) is 0 Å². The van der Waals surface area contributed by atoms with Gasteiger partial charge in [-0.3, -0.25) is 4.79 Å². The highest BCUT2D eigenvalue weighted by Gasteiger charge is 1.97. The minimum Gasteiger partial charge on any atom is -0.494 e. The fourth-order valence-electron chi connectivity index (χ4n) is 2.33. The first-order chi connectivity index (χ1) is 10.2. The first kappa shape index (κ1) is 17.5. The van der Waals surface area contributed by atoms with E-state index in [2.05, 4.69) is 19.1 Å². The fourth-order valence-corrected chi connectivity index (χ4v) is 2.33. The van der Waals surface area contributed by atoms with Crippen molar-refractivity contribution in [2.45, 2.75) is 64.7 Å². The summed E-state index contributed by atoms with van der Waals surface area (Å²) in [6, 6.07) is 8.17.